The van der Waals surface area contributed by atoms with Crippen LogP contribution in [0.3, 0.4) is 0 Å². The van der Waals surface area contributed by atoms with Crippen molar-refractivity contribution in [3.05, 3.63) is 29.8 Å². The highest BCUT2D eigenvalue weighted by Gasteiger charge is 2.20. The number of carbonyl (C=O) groups is 1. The summed E-state index contributed by atoms with van der Waals surface area (Å²) in [5, 5.41) is 0.678. The second kappa shape index (κ2) is 3.62. The van der Waals surface area contributed by atoms with E-state index in [0.29, 0.717) is 16.5 Å². The maximum absolute atomic E-state index is 11.5. The Bertz CT molecular complexity index is 504. The largest absolute Gasteiger partial charge is 0.468 e. The summed E-state index contributed by atoms with van der Waals surface area (Å²) in [5.41, 5.74) is 2.96. The number of methoxy groups -OCH3 is 1. The molecule has 1 aromatic carbocycles. The van der Waals surface area contributed by atoms with Gasteiger partial charge in [-0.2, -0.15) is 0 Å². The minimum Gasteiger partial charge on any atom is -0.468 e. The number of amides is 1. The molecule has 2 aromatic rings. The lowest BCUT2D eigenvalue weighted by atomic mass is 10.1. The highest BCUT2D eigenvalue weighted by Crippen LogP contribution is 2.31. The molecule has 1 amide bonds. The molecule has 1 heterocycles. The van der Waals surface area contributed by atoms with Crippen molar-refractivity contribution in [2.24, 2.45) is 5.84 Å². The first-order chi connectivity index (χ1) is 7.27. The van der Waals surface area contributed by atoms with Crippen LogP contribution in [0.1, 0.15) is 10.4 Å². The van der Waals surface area contributed by atoms with Crippen LogP contribution in [0.2, 0.25) is 0 Å². The lowest BCUT2D eigenvalue weighted by molar-refractivity contribution is 0.0949. The summed E-state index contributed by atoms with van der Waals surface area (Å²) in [6.45, 7) is 0. The molecule has 0 spiro atoms. The Kier molecular flexibility index (Phi) is 2.31. The van der Waals surface area contributed by atoms with Crippen molar-refractivity contribution in [1.82, 2.24) is 5.43 Å². The van der Waals surface area contributed by atoms with Crippen molar-refractivity contribution in [3.8, 4) is 5.95 Å². The fourth-order valence-corrected chi connectivity index (χ4v) is 1.45. The molecule has 0 aliphatic heterocycles. The van der Waals surface area contributed by atoms with Gasteiger partial charge in [0.1, 0.15) is 11.1 Å². The summed E-state index contributed by atoms with van der Waals surface area (Å²) >= 11 is 0. The molecule has 2 rings (SSSR count). The number of ether oxygens (including phenoxy) is 1. The van der Waals surface area contributed by atoms with Gasteiger partial charge in [-0.15, -0.1) is 0 Å². The zero-order valence-corrected chi connectivity index (χ0v) is 8.11. The van der Waals surface area contributed by atoms with E-state index in [1.54, 1.807) is 12.1 Å². The monoisotopic (exact) mass is 206 g/mol. The Labute approximate surface area is 85.8 Å². The molecule has 0 aliphatic rings. The third kappa shape index (κ3) is 1.42. The Balaban J connectivity index is 2.72. The molecule has 0 saturated carbocycles. The second-order valence-electron chi connectivity index (χ2n) is 2.94. The normalized spacial score (nSPS) is 10.3. The van der Waals surface area contributed by atoms with Crippen LogP contribution in [0.25, 0.3) is 11.0 Å². The molecular weight excluding hydrogens is 196 g/mol. The van der Waals surface area contributed by atoms with E-state index >= 15 is 0 Å². The predicted octanol–water partition coefficient (Wildman–Crippen LogP) is 1.04. The Morgan fingerprint density at radius 2 is 2.20 bits per heavy atom. The third-order valence-electron chi connectivity index (χ3n) is 2.11. The van der Waals surface area contributed by atoms with Gasteiger partial charge in [-0.25, -0.2) is 5.84 Å². The summed E-state index contributed by atoms with van der Waals surface area (Å²) in [6, 6.07) is 7.15. The Morgan fingerprint density at radius 3 is 2.87 bits per heavy atom. The predicted molar refractivity (Wildman–Crippen MR) is 54.4 cm³/mol. The number of fused-ring (bicyclic) bond motifs is 1. The van der Waals surface area contributed by atoms with Gasteiger partial charge in [0.25, 0.3) is 11.9 Å². The maximum atomic E-state index is 11.5. The average Bonchev–Trinajstić information content (AvgIpc) is 2.66. The highest BCUT2D eigenvalue weighted by atomic mass is 16.6. The number of nitrogen functional groups attached to an aromatic ring is 1. The molecule has 0 bridgehead atoms. The van der Waals surface area contributed by atoms with Crippen LogP contribution >= 0.6 is 0 Å². The minimum absolute atomic E-state index is 0.166. The molecule has 5 nitrogen and oxygen atoms in total. The van der Waals surface area contributed by atoms with Gasteiger partial charge in [0.15, 0.2) is 0 Å². The third-order valence-corrected chi connectivity index (χ3v) is 2.11. The first kappa shape index (κ1) is 9.54. The second-order valence-corrected chi connectivity index (χ2v) is 2.94. The van der Waals surface area contributed by atoms with Gasteiger partial charge in [-0.1, -0.05) is 18.2 Å². The van der Waals surface area contributed by atoms with Crippen LogP contribution in [0, 0.1) is 0 Å². The molecule has 0 atom stereocenters. The SMILES string of the molecule is COc1oc2ccccc2c1C(=O)NN. The molecule has 5 heteroatoms. The molecule has 0 saturated heterocycles. The molecule has 78 valence electrons. The van der Waals surface area contributed by atoms with Gasteiger partial charge in [0.05, 0.1) is 7.11 Å². The van der Waals surface area contributed by atoms with Gasteiger partial charge in [0.2, 0.25) is 0 Å². The van der Waals surface area contributed by atoms with E-state index in [-0.39, 0.29) is 5.95 Å². The molecule has 1 aromatic heterocycles. The molecule has 0 fully saturated rings. The van der Waals surface area contributed by atoms with Crippen molar-refractivity contribution in [1.29, 1.82) is 0 Å². The van der Waals surface area contributed by atoms with Crippen molar-refractivity contribution in [2.75, 3.05) is 7.11 Å². The molecular formula is C10H10N2O3. The van der Waals surface area contributed by atoms with Crippen molar-refractivity contribution in [2.45, 2.75) is 0 Å². The lowest BCUT2D eigenvalue weighted by Gasteiger charge is -1.98. The standard InChI is InChI=1S/C10H10N2O3/c1-14-10-8(9(13)12-11)6-4-2-3-5-7(6)15-10/h2-5H,11H2,1H3,(H,12,13). The number of carbonyl (C=O) groups excluding carboxylic acids is 1. The van der Waals surface area contributed by atoms with E-state index in [4.69, 9.17) is 15.0 Å². The topological polar surface area (TPSA) is 77.5 Å². The fourth-order valence-electron chi connectivity index (χ4n) is 1.45. The summed E-state index contributed by atoms with van der Waals surface area (Å²) in [7, 11) is 1.44. The summed E-state index contributed by atoms with van der Waals surface area (Å²) in [5.74, 6) is 4.81. The quantitative estimate of drug-likeness (QED) is 0.437. The Hall–Kier alpha value is -2.01. The number of hydrogen-bond donors (Lipinski definition) is 2. The smallest absolute Gasteiger partial charge is 0.298 e. The molecule has 15 heavy (non-hydrogen) atoms. The highest BCUT2D eigenvalue weighted by molar-refractivity contribution is 6.08. The van der Waals surface area contributed by atoms with Crippen LogP contribution in [-0.4, -0.2) is 13.0 Å². The maximum Gasteiger partial charge on any atom is 0.298 e. The van der Waals surface area contributed by atoms with Gasteiger partial charge in [-0.3, -0.25) is 10.2 Å². The first-order valence-electron chi connectivity index (χ1n) is 4.34. The van der Waals surface area contributed by atoms with Gasteiger partial charge < -0.3 is 9.15 Å². The number of furan rings is 1. The number of para-hydroxylation sites is 1. The van der Waals surface area contributed by atoms with E-state index < -0.39 is 5.91 Å². The number of rotatable bonds is 2. The zero-order valence-electron chi connectivity index (χ0n) is 8.11. The van der Waals surface area contributed by atoms with Crippen molar-refractivity contribution >= 4 is 16.9 Å². The van der Waals surface area contributed by atoms with Crippen molar-refractivity contribution < 1.29 is 13.9 Å². The van der Waals surface area contributed by atoms with Crippen LogP contribution in [-0.2, 0) is 0 Å². The number of benzene rings is 1. The summed E-state index contributed by atoms with van der Waals surface area (Å²) < 4.78 is 10.3. The van der Waals surface area contributed by atoms with Gasteiger partial charge in [-0.05, 0) is 6.07 Å². The first-order valence-corrected chi connectivity index (χ1v) is 4.34. The lowest BCUT2D eigenvalue weighted by Crippen LogP contribution is -2.30. The molecule has 0 aliphatic carbocycles. The average molecular weight is 206 g/mol. The van der Waals surface area contributed by atoms with Crippen LogP contribution in [0.5, 0.6) is 5.95 Å². The van der Waals surface area contributed by atoms with E-state index in [0.717, 1.165) is 0 Å². The van der Waals surface area contributed by atoms with E-state index in [9.17, 15) is 4.79 Å². The number of hydrazine groups is 1. The molecule has 3 N–H and O–H groups in total. The zero-order chi connectivity index (χ0) is 10.8. The van der Waals surface area contributed by atoms with Gasteiger partial charge >= 0.3 is 0 Å². The fraction of sp³-hybridized carbons (Fsp3) is 0.100. The molecule has 0 unspecified atom stereocenters. The minimum atomic E-state index is -0.434. The summed E-state index contributed by atoms with van der Waals surface area (Å²) in [4.78, 5) is 11.5. The van der Waals surface area contributed by atoms with Crippen LogP contribution < -0.4 is 16.0 Å². The number of nitrogens with two attached hydrogens (primary N) is 1. The van der Waals surface area contributed by atoms with Crippen LogP contribution in [0.15, 0.2) is 28.7 Å². The number of hydrogen-bond acceptors (Lipinski definition) is 4. The molecule has 0 radical (unpaired) electrons. The van der Waals surface area contributed by atoms with E-state index in [2.05, 4.69) is 5.43 Å². The Morgan fingerprint density at radius 1 is 1.47 bits per heavy atom. The van der Waals surface area contributed by atoms with Crippen molar-refractivity contribution in [3.63, 3.8) is 0 Å². The van der Waals surface area contributed by atoms with E-state index in [1.807, 2.05) is 12.1 Å². The number of nitrogens with one attached hydrogen (secondary N) is 1. The van der Waals surface area contributed by atoms with Gasteiger partial charge in [0, 0.05) is 5.39 Å². The van der Waals surface area contributed by atoms with Crippen LogP contribution in [0.4, 0.5) is 0 Å². The summed E-state index contributed by atoms with van der Waals surface area (Å²) in [6.07, 6.45) is 0. The van der Waals surface area contributed by atoms with E-state index in [1.165, 1.54) is 7.11 Å².